The van der Waals surface area contributed by atoms with Gasteiger partial charge < -0.3 is 5.32 Å². The van der Waals surface area contributed by atoms with Crippen LogP contribution in [0.1, 0.15) is 46.0 Å². The minimum Gasteiger partial charge on any atom is -0.356 e. The number of amides is 3. The topological polar surface area (TPSA) is 66.5 Å². The molecule has 0 aromatic heterocycles. The monoisotopic (exact) mass is 280 g/mol. The zero-order valence-electron chi connectivity index (χ0n) is 12.4. The molecule has 0 aliphatic carbocycles. The summed E-state index contributed by atoms with van der Waals surface area (Å²) in [5.41, 5.74) is 0. The first-order valence-corrected chi connectivity index (χ1v) is 7.34. The molecule has 1 rings (SSSR count). The van der Waals surface area contributed by atoms with Gasteiger partial charge >= 0.3 is 0 Å². The van der Waals surface area contributed by atoms with Gasteiger partial charge in [-0.05, 0) is 12.3 Å². The largest absolute Gasteiger partial charge is 0.356 e. The average molecular weight is 280 g/mol. The van der Waals surface area contributed by atoms with Gasteiger partial charge in [0.05, 0.1) is 0 Å². The lowest BCUT2D eigenvalue weighted by Crippen LogP contribution is -2.34. The number of carbonyl (C=O) groups excluding carboxylic acids is 3. The molecular weight excluding hydrogens is 256 g/mol. The van der Waals surface area contributed by atoms with Gasteiger partial charge in [-0.25, -0.2) is 0 Å². The van der Waals surface area contributed by atoms with Crippen LogP contribution in [0.4, 0.5) is 0 Å². The van der Waals surface area contributed by atoms with Crippen LogP contribution in [0.15, 0.2) is 12.2 Å². The van der Waals surface area contributed by atoms with Crippen molar-refractivity contribution in [3.8, 4) is 0 Å². The molecular formula is C15H24N2O3. The Bertz CT molecular complexity index is 373. The standard InChI is InChI=1S/C15H24N2O3/c1-3-12(2)6-4-5-10-16-13(18)9-11-17-14(19)7-8-15(17)20/h7-8,12H,3-6,9-11H2,1-2H3,(H,16,18). The third kappa shape index (κ3) is 5.55. The maximum Gasteiger partial charge on any atom is 0.253 e. The second kappa shape index (κ2) is 8.51. The summed E-state index contributed by atoms with van der Waals surface area (Å²) in [4.78, 5) is 35.2. The molecule has 1 unspecified atom stereocenters. The molecule has 1 heterocycles. The number of imide groups is 1. The van der Waals surface area contributed by atoms with Crippen LogP contribution >= 0.6 is 0 Å². The SMILES string of the molecule is CCC(C)CCCCNC(=O)CCN1C(=O)C=CC1=O. The summed E-state index contributed by atoms with van der Waals surface area (Å²) in [5, 5.41) is 2.82. The molecule has 1 aliphatic rings. The molecule has 0 spiro atoms. The van der Waals surface area contributed by atoms with Crippen molar-refractivity contribution in [2.75, 3.05) is 13.1 Å². The van der Waals surface area contributed by atoms with E-state index in [1.54, 1.807) is 0 Å². The van der Waals surface area contributed by atoms with Gasteiger partial charge in [0.15, 0.2) is 0 Å². The number of nitrogens with zero attached hydrogens (tertiary/aromatic N) is 1. The Kier molecular flexibility index (Phi) is 6.98. The van der Waals surface area contributed by atoms with E-state index in [1.807, 2.05) is 0 Å². The number of unbranched alkanes of at least 4 members (excludes halogenated alkanes) is 1. The zero-order valence-corrected chi connectivity index (χ0v) is 12.4. The van der Waals surface area contributed by atoms with Crippen LogP contribution in [0, 0.1) is 5.92 Å². The van der Waals surface area contributed by atoms with Crippen LogP contribution in [0.25, 0.3) is 0 Å². The van der Waals surface area contributed by atoms with E-state index in [-0.39, 0.29) is 30.7 Å². The molecule has 1 N–H and O–H groups in total. The van der Waals surface area contributed by atoms with Crippen molar-refractivity contribution in [1.29, 1.82) is 0 Å². The third-order valence-electron chi connectivity index (χ3n) is 3.61. The van der Waals surface area contributed by atoms with Crippen LogP contribution in [0.3, 0.4) is 0 Å². The summed E-state index contributed by atoms with van der Waals surface area (Å²) in [6, 6.07) is 0. The van der Waals surface area contributed by atoms with E-state index >= 15 is 0 Å². The molecule has 0 fully saturated rings. The smallest absolute Gasteiger partial charge is 0.253 e. The highest BCUT2D eigenvalue weighted by Crippen LogP contribution is 2.10. The van der Waals surface area contributed by atoms with E-state index in [2.05, 4.69) is 19.2 Å². The van der Waals surface area contributed by atoms with Gasteiger partial charge in [-0.3, -0.25) is 19.3 Å². The first kappa shape index (κ1) is 16.4. The molecule has 0 radical (unpaired) electrons. The molecule has 0 saturated heterocycles. The highest BCUT2D eigenvalue weighted by atomic mass is 16.2. The van der Waals surface area contributed by atoms with Gasteiger partial charge in [0.2, 0.25) is 5.91 Å². The molecule has 0 aromatic carbocycles. The quantitative estimate of drug-likeness (QED) is 0.515. The van der Waals surface area contributed by atoms with E-state index in [0.717, 1.165) is 23.7 Å². The van der Waals surface area contributed by atoms with Crippen LogP contribution < -0.4 is 5.32 Å². The lowest BCUT2D eigenvalue weighted by Gasteiger charge is -2.13. The Morgan fingerprint density at radius 1 is 1.25 bits per heavy atom. The third-order valence-corrected chi connectivity index (χ3v) is 3.61. The van der Waals surface area contributed by atoms with E-state index < -0.39 is 0 Å². The van der Waals surface area contributed by atoms with Crippen molar-refractivity contribution in [3.05, 3.63) is 12.2 Å². The second-order valence-electron chi connectivity index (χ2n) is 5.27. The van der Waals surface area contributed by atoms with Crippen molar-refractivity contribution in [1.82, 2.24) is 10.2 Å². The summed E-state index contributed by atoms with van der Waals surface area (Å²) in [5.74, 6) is -0.0425. The maximum atomic E-state index is 11.6. The molecule has 1 aliphatic heterocycles. The van der Waals surface area contributed by atoms with Crippen molar-refractivity contribution in [2.45, 2.75) is 46.0 Å². The number of rotatable bonds is 9. The minimum absolute atomic E-state index is 0.110. The average Bonchev–Trinajstić information content (AvgIpc) is 2.75. The normalized spacial score (nSPS) is 15.8. The van der Waals surface area contributed by atoms with Gasteiger partial charge in [0.1, 0.15) is 0 Å². The molecule has 1 atom stereocenters. The molecule has 5 heteroatoms. The highest BCUT2D eigenvalue weighted by Gasteiger charge is 2.23. The molecule has 0 bridgehead atoms. The van der Waals surface area contributed by atoms with Crippen molar-refractivity contribution >= 4 is 17.7 Å². The van der Waals surface area contributed by atoms with Crippen molar-refractivity contribution in [3.63, 3.8) is 0 Å². The van der Waals surface area contributed by atoms with Gasteiger partial charge in [0, 0.05) is 31.7 Å². The maximum absolute atomic E-state index is 11.6. The fraction of sp³-hybridized carbons (Fsp3) is 0.667. The lowest BCUT2D eigenvalue weighted by molar-refractivity contribution is -0.137. The van der Waals surface area contributed by atoms with Gasteiger partial charge in [0.25, 0.3) is 11.8 Å². The van der Waals surface area contributed by atoms with Crippen molar-refractivity contribution < 1.29 is 14.4 Å². The molecule has 0 saturated carbocycles. The summed E-state index contributed by atoms with van der Waals surface area (Å²) in [6.45, 7) is 5.23. The fourth-order valence-electron chi connectivity index (χ4n) is 2.00. The number of nitrogens with one attached hydrogen (secondary N) is 1. The van der Waals surface area contributed by atoms with E-state index in [0.29, 0.717) is 6.54 Å². The molecule has 5 nitrogen and oxygen atoms in total. The lowest BCUT2D eigenvalue weighted by atomic mass is 10.0. The predicted octanol–water partition coefficient (Wildman–Crippen LogP) is 1.63. The second-order valence-corrected chi connectivity index (χ2v) is 5.27. The Morgan fingerprint density at radius 3 is 2.50 bits per heavy atom. The molecule has 3 amide bonds. The number of hydrogen-bond acceptors (Lipinski definition) is 3. The fourth-order valence-corrected chi connectivity index (χ4v) is 2.00. The zero-order chi connectivity index (χ0) is 15.0. The summed E-state index contributed by atoms with van der Waals surface area (Å²) in [6.07, 6.45) is 7.10. The summed E-state index contributed by atoms with van der Waals surface area (Å²) >= 11 is 0. The Morgan fingerprint density at radius 2 is 1.90 bits per heavy atom. The highest BCUT2D eigenvalue weighted by molar-refractivity contribution is 6.13. The first-order chi connectivity index (χ1) is 9.54. The van der Waals surface area contributed by atoms with E-state index in [4.69, 9.17) is 0 Å². The summed E-state index contributed by atoms with van der Waals surface area (Å²) < 4.78 is 0. The molecule has 0 aromatic rings. The van der Waals surface area contributed by atoms with Crippen LogP contribution in [0.5, 0.6) is 0 Å². The van der Waals surface area contributed by atoms with Crippen molar-refractivity contribution in [2.24, 2.45) is 5.92 Å². The van der Waals surface area contributed by atoms with E-state index in [9.17, 15) is 14.4 Å². The number of hydrogen-bond donors (Lipinski definition) is 1. The number of carbonyl (C=O) groups is 3. The molecule has 112 valence electrons. The Balaban J connectivity index is 2.06. The minimum atomic E-state index is -0.337. The van der Waals surface area contributed by atoms with Crippen LogP contribution in [-0.2, 0) is 14.4 Å². The Labute approximate surface area is 120 Å². The van der Waals surface area contributed by atoms with Gasteiger partial charge in [-0.1, -0.05) is 33.1 Å². The van der Waals surface area contributed by atoms with E-state index in [1.165, 1.54) is 25.0 Å². The molecule has 20 heavy (non-hydrogen) atoms. The van der Waals surface area contributed by atoms with Gasteiger partial charge in [-0.15, -0.1) is 0 Å². The van der Waals surface area contributed by atoms with Crippen LogP contribution in [-0.4, -0.2) is 35.7 Å². The van der Waals surface area contributed by atoms with Crippen LogP contribution in [0.2, 0.25) is 0 Å². The predicted molar refractivity (Wildman–Crippen MR) is 76.8 cm³/mol. The summed E-state index contributed by atoms with van der Waals surface area (Å²) in [7, 11) is 0. The Hall–Kier alpha value is -1.65. The van der Waals surface area contributed by atoms with Gasteiger partial charge in [-0.2, -0.15) is 0 Å². The first-order valence-electron chi connectivity index (χ1n) is 7.34.